The van der Waals surface area contributed by atoms with Gasteiger partial charge in [0.25, 0.3) is 11.5 Å². The molecule has 4 aromatic rings. The Morgan fingerprint density at radius 2 is 1.89 bits per heavy atom. The molecule has 2 N–H and O–H groups in total. The van der Waals surface area contributed by atoms with Gasteiger partial charge in [0.05, 0.1) is 11.2 Å². The first-order valence-corrected chi connectivity index (χ1v) is 9.55. The summed E-state index contributed by atoms with van der Waals surface area (Å²) in [7, 11) is 1.56. The van der Waals surface area contributed by atoms with Crippen LogP contribution in [0.25, 0.3) is 22.2 Å². The van der Waals surface area contributed by atoms with Crippen molar-refractivity contribution in [3.63, 3.8) is 0 Å². The number of rotatable bonds is 3. The Balaban J connectivity index is 1.68. The van der Waals surface area contributed by atoms with Gasteiger partial charge in [-0.25, -0.2) is 4.98 Å². The molecule has 0 fully saturated rings. The number of para-hydroxylation sites is 1. The van der Waals surface area contributed by atoms with Gasteiger partial charge in [0.15, 0.2) is 5.13 Å². The van der Waals surface area contributed by atoms with Gasteiger partial charge in [-0.15, -0.1) is 11.3 Å². The summed E-state index contributed by atoms with van der Waals surface area (Å²) in [5.41, 5.74) is 1.17. The Morgan fingerprint density at radius 1 is 1.18 bits per heavy atom. The zero-order valence-electron chi connectivity index (χ0n) is 14.6. The minimum atomic E-state index is -0.708. The minimum absolute atomic E-state index is 0.315. The lowest BCUT2D eigenvalue weighted by molar-refractivity contribution is 0.102. The first-order chi connectivity index (χ1) is 13.5. The van der Waals surface area contributed by atoms with E-state index < -0.39 is 11.5 Å². The molecule has 0 saturated carbocycles. The van der Waals surface area contributed by atoms with Crippen LogP contribution in [0, 0.1) is 0 Å². The van der Waals surface area contributed by atoms with Crippen molar-refractivity contribution in [3.8, 4) is 17.0 Å². The number of nitrogens with one attached hydrogen (secondary N) is 1. The molecule has 2 heterocycles. The first-order valence-electron chi connectivity index (χ1n) is 8.29. The number of anilines is 1. The second kappa shape index (κ2) is 7.10. The second-order valence-corrected chi connectivity index (χ2v) is 7.40. The Bertz CT molecular complexity index is 1260. The molecule has 0 unspecified atom stereocenters. The van der Waals surface area contributed by atoms with Crippen LogP contribution in [-0.4, -0.2) is 20.6 Å². The van der Waals surface area contributed by atoms with Crippen molar-refractivity contribution >= 4 is 44.9 Å². The average Bonchev–Trinajstić information content (AvgIpc) is 3.15. The molecular weight excluding hydrogens is 398 g/mol. The van der Waals surface area contributed by atoms with Crippen molar-refractivity contribution < 1.29 is 9.90 Å². The summed E-state index contributed by atoms with van der Waals surface area (Å²) >= 11 is 7.12. The van der Waals surface area contributed by atoms with Crippen molar-refractivity contribution in [2.24, 2.45) is 7.05 Å². The molecule has 6 nitrogen and oxygen atoms in total. The molecule has 2 aromatic heterocycles. The third kappa shape index (κ3) is 3.15. The van der Waals surface area contributed by atoms with E-state index in [1.165, 1.54) is 15.9 Å². The van der Waals surface area contributed by atoms with E-state index in [4.69, 9.17) is 11.6 Å². The maximum atomic E-state index is 12.7. The van der Waals surface area contributed by atoms with Crippen LogP contribution in [0.3, 0.4) is 0 Å². The molecule has 4 rings (SSSR count). The van der Waals surface area contributed by atoms with Gasteiger partial charge in [-0.2, -0.15) is 0 Å². The highest BCUT2D eigenvalue weighted by Crippen LogP contribution is 2.28. The van der Waals surface area contributed by atoms with E-state index >= 15 is 0 Å². The monoisotopic (exact) mass is 411 g/mol. The Kier molecular flexibility index (Phi) is 4.62. The van der Waals surface area contributed by atoms with Crippen LogP contribution < -0.4 is 10.9 Å². The van der Waals surface area contributed by atoms with Crippen LogP contribution in [0.5, 0.6) is 5.75 Å². The normalized spacial score (nSPS) is 10.9. The zero-order chi connectivity index (χ0) is 19.8. The minimum Gasteiger partial charge on any atom is -0.506 e. The van der Waals surface area contributed by atoms with Gasteiger partial charge >= 0.3 is 0 Å². The molecular formula is C20H14ClN3O3S. The van der Waals surface area contributed by atoms with E-state index in [0.717, 1.165) is 5.56 Å². The quantitative estimate of drug-likeness (QED) is 0.527. The number of carbonyl (C=O) groups excluding carboxylic acids is 1. The van der Waals surface area contributed by atoms with Crippen molar-refractivity contribution in [1.29, 1.82) is 0 Å². The topological polar surface area (TPSA) is 84.2 Å². The lowest BCUT2D eigenvalue weighted by atomic mass is 10.1. The smallest absolute Gasteiger partial charge is 0.267 e. The van der Waals surface area contributed by atoms with Gasteiger partial charge in [0.2, 0.25) is 0 Å². The highest BCUT2D eigenvalue weighted by molar-refractivity contribution is 7.14. The molecule has 140 valence electrons. The van der Waals surface area contributed by atoms with Crippen LogP contribution in [0.2, 0.25) is 5.02 Å². The van der Waals surface area contributed by atoms with Gasteiger partial charge in [-0.1, -0.05) is 35.9 Å². The molecule has 0 atom stereocenters. The number of hydrogen-bond acceptors (Lipinski definition) is 5. The van der Waals surface area contributed by atoms with Gasteiger partial charge in [-0.05, 0) is 24.3 Å². The second-order valence-electron chi connectivity index (χ2n) is 6.10. The molecule has 0 aliphatic carbocycles. The number of hydrogen-bond donors (Lipinski definition) is 2. The maximum absolute atomic E-state index is 12.7. The third-order valence-corrected chi connectivity index (χ3v) is 5.38. The number of pyridine rings is 1. The molecule has 0 aliphatic rings. The van der Waals surface area contributed by atoms with Crippen molar-refractivity contribution in [2.75, 3.05) is 5.32 Å². The van der Waals surface area contributed by atoms with E-state index in [9.17, 15) is 14.7 Å². The molecule has 0 radical (unpaired) electrons. The van der Waals surface area contributed by atoms with Crippen LogP contribution in [-0.2, 0) is 7.05 Å². The fourth-order valence-corrected chi connectivity index (χ4v) is 3.77. The number of amides is 1. The number of aromatic nitrogens is 2. The summed E-state index contributed by atoms with van der Waals surface area (Å²) in [4.78, 5) is 29.7. The summed E-state index contributed by atoms with van der Waals surface area (Å²) in [6, 6.07) is 14.0. The van der Waals surface area contributed by atoms with Crippen molar-refractivity contribution in [2.45, 2.75) is 0 Å². The lowest BCUT2D eigenvalue weighted by Gasteiger charge is -2.11. The van der Waals surface area contributed by atoms with E-state index in [1.807, 2.05) is 12.1 Å². The van der Waals surface area contributed by atoms with E-state index in [2.05, 4.69) is 10.3 Å². The average molecular weight is 412 g/mol. The summed E-state index contributed by atoms with van der Waals surface area (Å²) in [5.74, 6) is -1.05. The molecule has 1 amide bonds. The van der Waals surface area contributed by atoms with Crippen LogP contribution in [0.4, 0.5) is 5.13 Å². The molecule has 0 bridgehead atoms. The van der Waals surface area contributed by atoms with Gasteiger partial charge in [-0.3, -0.25) is 14.9 Å². The summed E-state index contributed by atoms with van der Waals surface area (Å²) < 4.78 is 1.34. The maximum Gasteiger partial charge on any atom is 0.267 e. The Hall–Kier alpha value is -3.16. The SMILES string of the molecule is Cn1c(=O)c(C(=O)Nc2nc(-c3ccc(Cl)cc3)cs2)c(O)c2ccccc21. The van der Waals surface area contributed by atoms with E-state index in [1.54, 1.807) is 48.8 Å². The summed E-state index contributed by atoms with van der Waals surface area (Å²) in [5, 5.41) is 16.3. The number of aryl methyl sites for hydroxylation is 1. The largest absolute Gasteiger partial charge is 0.506 e. The van der Waals surface area contributed by atoms with Gasteiger partial charge in [0.1, 0.15) is 11.3 Å². The van der Waals surface area contributed by atoms with E-state index in [-0.39, 0.29) is 11.3 Å². The highest BCUT2D eigenvalue weighted by Gasteiger charge is 2.22. The van der Waals surface area contributed by atoms with Crippen LogP contribution >= 0.6 is 22.9 Å². The summed E-state index contributed by atoms with van der Waals surface area (Å²) in [6.45, 7) is 0. The summed E-state index contributed by atoms with van der Waals surface area (Å²) in [6.07, 6.45) is 0. The molecule has 0 saturated heterocycles. The standard InChI is InChI=1S/C20H14ClN3O3S/c1-24-15-5-3-2-4-13(15)17(25)16(19(24)27)18(26)23-20-22-14(10-28-20)11-6-8-12(21)9-7-11/h2-10,25H,1H3,(H,22,23,26). The Labute approximate surface area is 168 Å². The van der Waals surface area contributed by atoms with E-state index in [0.29, 0.717) is 26.8 Å². The van der Waals surface area contributed by atoms with Gasteiger partial charge < -0.3 is 9.67 Å². The number of aromatic hydroxyl groups is 1. The predicted molar refractivity (Wildman–Crippen MR) is 111 cm³/mol. The van der Waals surface area contributed by atoms with Crippen molar-refractivity contribution in [1.82, 2.24) is 9.55 Å². The number of thiazole rings is 1. The molecule has 28 heavy (non-hydrogen) atoms. The lowest BCUT2D eigenvalue weighted by Crippen LogP contribution is -2.28. The number of benzene rings is 2. The number of fused-ring (bicyclic) bond motifs is 1. The Morgan fingerprint density at radius 3 is 2.64 bits per heavy atom. The fourth-order valence-electron chi connectivity index (χ4n) is 2.93. The van der Waals surface area contributed by atoms with Crippen LogP contribution in [0.15, 0.2) is 58.7 Å². The first kappa shape index (κ1) is 18.2. The molecule has 8 heteroatoms. The van der Waals surface area contributed by atoms with Crippen molar-refractivity contribution in [3.05, 3.63) is 74.9 Å². The fraction of sp³-hybridized carbons (Fsp3) is 0.0500. The molecule has 2 aromatic carbocycles. The predicted octanol–water partition coefficient (Wildman–Crippen LogP) is 4.27. The number of carbonyl (C=O) groups is 1. The van der Waals surface area contributed by atoms with Crippen LogP contribution in [0.1, 0.15) is 10.4 Å². The molecule has 0 spiro atoms. The zero-order valence-corrected chi connectivity index (χ0v) is 16.2. The highest BCUT2D eigenvalue weighted by atomic mass is 35.5. The third-order valence-electron chi connectivity index (χ3n) is 4.37. The van der Waals surface area contributed by atoms with Gasteiger partial charge in [0, 0.05) is 28.4 Å². The molecule has 0 aliphatic heterocycles. The number of halogens is 1. The number of nitrogens with zero attached hydrogens (tertiary/aromatic N) is 2.